The van der Waals surface area contributed by atoms with Gasteiger partial charge in [0.1, 0.15) is 11.8 Å². The van der Waals surface area contributed by atoms with Gasteiger partial charge in [0.2, 0.25) is 17.7 Å². The number of aliphatic hydroxyl groups excluding tert-OH is 1. The van der Waals surface area contributed by atoms with E-state index in [1.54, 1.807) is 38.6 Å². The Hall–Kier alpha value is -2.30. The number of thioether (sulfide) groups is 1. The third-order valence-corrected chi connectivity index (χ3v) is 11.6. The van der Waals surface area contributed by atoms with E-state index in [0.29, 0.717) is 37.6 Å². The van der Waals surface area contributed by atoms with Gasteiger partial charge >= 0.3 is 0 Å². The number of benzene rings is 1. The van der Waals surface area contributed by atoms with Gasteiger partial charge in [-0.05, 0) is 44.0 Å². The molecule has 3 heterocycles. The molecule has 0 aliphatic carbocycles. The second kappa shape index (κ2) is 13.8. The van der Waals surface area contributed by atoms with Crippen LogP contribution < -0.4 is 9.64 Å². The predicted octanol–water partition coefficient (Wildman–Crippen LogP) is 4.27. The third-order valence-electron chi connectivity index (χ3n) is 8.38. The summed E-state index contributed by atoms with van der Waals surface area (Å²) in [6.45, 7) is 13.4. The zero-order valence-electron chi connectivity index (χ0n) is 24.0. The average molecular weight is 649 g/mol. The van der Waals surface area contributed by atoms with Crippen LogP contribution in [0, 0.1) is 11.8 Å². The van der Waals surface area contributed by atoms with Gasteiger partial charge in [0.05, 0.1) is 29.8 Å². The van der Waals surface area contributed by atoms with Gasteiger partial charge in [-0.25, -0.2) is 0 Å². The summed E-state index contributed by atoms with van der Waals surface area (Å²) in [7, 11) is 0. The fraction of sp³-hybridized carbons (Fsp3) is 0.581. The smallest absolute Gasteiger partial charge is 0.247 e. The first-order chi connectivity index (χ1) is 19.8. The molecular weight excluding hydrogens is 606 g/mol. The van der Waals surface area contributed by atoms with Crippen molar-refractivity contribution in [1.82, 2.24) is 9.80 Å². The van der Waals surface area contributed by atoms with Gasteiger partial charge in [-0.1, -0.05) is 47.8 Å². The first-order valence-corrected chi connectivity index (χ1v) is 16.4. The number of halogens is 1. The number of amides is 3. The van der Waals surface area contributed by atoms with Gasteiger partial charge in [-0.3, -0.25) is 14.4 Å². The van der Waals surface area contributed by atoms with Crippen molar-refractivity contribution in [2.24, 2.45) is 11.8 Å². The van der Waals surface area contributed by atoms with Gasteiger partial charge in [-0.15, -0.1) is 24.9 Å². The number of anilines is 1. The molecule has 1 aromatic carbocycles. The molecule has 41 heavy (non-hydrogen) atoms. The maximum Gasteiger partial charge on any atom is 0.247 e. The van der Waals surface area contributed by atoms with Crippen LogP contribution >= 0.6 is 27.7 Å². The Kier molecular flexibility index (Phi) is 10.6. The number of carbonyl (C=O) groups is 3. The zero-order valence-corrected chi connectivity index (χ0v) is 26.4. The number of unbranched alkanes of at least 4 members (excludes halogenated alkanes) is 2. The molecule has 6 atom stereocenters. The van der Waals surface area contributed by atoms with Crippen LogP contribution in [0.4, 0.5) is 5.69 Å². The summed E-state index contributed by atoms with van der Waals surface area (Å²) < 4.78 is 4.82. The van der Waals surface area contributed by atoms with Gasteiger partial charge in [-0.2, -0.15) is 0 Å². The second-order valence-corrected chi connectivity index (χ2v) is 13.6. The van der Waals surface area contributed by atoms with Crippen molar-refractivity contribution in [2.45, 2.75) is 60.4 Å². The quantitative estimate of drug-likeness (QED) is 0.174. The number of fused-ring (bicyclic) bond motifs is 1. The molecule has 0 radical (unpaired) electrons. The monoisotopic (exact) mass is 647 g/mol. The standard InChI is InChI=1S/C31H42BrN3O5S/c1-5-9-10-17-33(15-6-2)30(39)27-31-20-23(32)26(41-31)24(25(31)29(38)35(27)18-19-36)28(37)34(16-7-3)21-11-13-22(14-12-21)40-8-4/h6-7,11-14,23-27,36H,2-3,5,8-10,15-20H2,1,4H3/t23?,24-,25-,26-,27?,31?/m0/s1. The summed E-state index contributed by atoms with van der Waals surface area (Å²) in [4.78, 5) is 47.8. The number of β-amino-alcohol motifs (C(OH)–C–C–N with tert-alkyl or cyclic N) is 1. The molecule has 3 saturated heterocycles. The van der Waals surface area contributed by atoms with E-state index in [-0.39, 0.29) is 47.5 Å². The van der Waals surface area contributed by atoms with Gasteiger partial charge < -0.3 is 24.5 Å². The number of likely N-dealkylation sites (tertiary alicyclic amines) is 1. The molecule has 2 bridgehead atoms. The lowest BCUT2D eigenvalue weighted by Crippen LogP contribution is -2.56. The molecule has 3 amide bonds. The minimum Gasteiger partial charge on any atom is -0.494 e. The lowest BCUT2D eigenvalue weighted by Gasteiger charge is -2.38. The van der Waals surface area contributed by atoms with Crippen LogP contribution in [0.15, 0.2) is 49.6 Å². The number of nitrogens with zero attached hydrogens (tertiary/aromatic N) is 3. The van der Waals surface area contributed by atoms with Crippen molar-refractivity contribution in [1.29, 1.82) is 0 Å². The Morgan fingerprint density at radius 3 is 2.49 bits per heavy atom. The number of carbonyl (C=O) groups excluding carboxylic acids is 3. The zero-order chi connectivity index (χ0) is 29.7. The Labute approximate surface area is 256 Å². The van der Waals surface area contributed by atoms with E-state index >= 15 is 0 Å². The lowest BCUT2D eigenvalue weighted by atomic mass is 9.70. The Morgan fingerprint density at radius 1 is 1.17 bits per heavy atom. The lowest BCUT2D eigenvalue weighted by molar-refractivity contribution is -0.143. The van der Waals surface area contributed by atoms with E-state index in [9.17, 15) is 19.5 Å². The van der Waals surface area contributed by atoms with E-state index < -0.39 is 22.6 Å². The molecule has 4 rings (SSSR count). The molecule has 224 valence electrons. The number of alkyl halides is 1. The molecule has 3 unspecified atom stereocenters. The molecule has 1 aromatic rings. The SMILES string of the molecule is C=CCN(CCCCC)C(=O)C1N(CCO)C(=O)[C@@H]2[C@H](C(=O)N(CC=C)c3ccc(OCC)cc3)[C@H]3SC12CC3Br. The maximum absolute atomic E-state index is 14.4. The first-order valence-electron chi connectivity index (χ1n) is 14.6. The fourth-order valence-corrected chi connectivity index (χ4v) is 10.3. The minimum absolute atomic E-state index is 0.0336. The van der Waals surface area contributed by atoms with Gasteiger partial charge in [0.25, 0.3) is 0 Å². The summed E-state index contributed by atoms with van der Waals surface area (Å²) in [5, 5.41) is 9.78. The summed E-state index contributed by atoms with van der Waals surface area (Å²) >= 11 is 5.44. The van der Waals surface area contributed by atoms with Crippen molar-refractivity contribution in [2.75, 3.05) is 44.3 Å². The molecule has 1 N–H and O–H groups in total. The largest absolute Gasteiger partial charge is 0.494 e. The van der Waals surface area contributed by atoms with Crippen LogP contribution in [-0.2, 0) is 14.4 Å². The highest BCUT2D eigenvalue weighted by molar-refractivity contribution is 9.09. The highest BCUT2D eigenvalue weighted by Gasteiger charge is 2.76. The third kappa shape index (κ3) is 5.84. The first kappa shape index (κ1) is 31.6. The van der Waals surface area contributed by atoms with Gasteiger partial charge in [0.15, 0.2) is 0 Å². The van der Waals surface area contributed by atoms with Crippen LogP contribution in [-0.4, -0.2) is 92.9 Å². The normalized spacial score (nSPS) is 28.0. The number of rotatable bonds is 15. The van der Waals surface area contributed by atoms with Crippen LogP contribution in [0.5, 0.6) is 5.75 Å². The summed E-state index contributed by atoms with van der Waals surface area (Å²) in [5.41, 5.74) is 0.699. The molecule has 0 aromatic heterocycles. The average Bonchev–Trinajstić information content (AvgIpc) is 3.55. The molecule has 3 fully saturated rings. The maximum atomic E-state index is 14.4. The fourth-order valence-electron chi connectivity index (χ4n) is 6.73. The molecule has 3 aliphatic heterocycles. The van der Waals surface area contributed by atoms with Crippen molar-refractivity contribution in [3.05, 3.63) is 49.6 Å². The Morgan fingerprint density at radius 2 is 1.88 bits per heavy atom. The second-order valence-electron chi connectivity index (χ2n) is 10.9. The summed E-state index contributed by atoms with van der Waals surface area (Å²) in [6, 6.07) is 6.60. The summed E-state index contributed by atoms with van der Waals surface area (Å²) in [6.07, 6.45) is 6.89. The van der Waals surface area contributed by atoms with Crippen LogP contribution in [0.3, 0.4) is 0 Å². The van der Waals surface area contributed by atoms with E-state index in [4.69, 9.17) is 4.74 Å². The highest BCUT2D eigenvalue weighted by atomic mass is 79.9. The summed E-state index contributed by atoms with van der Waals surface area (Å²) in [5.74, 6) is -1.06. The van der Waals surface area contributed by atoms with Crippen molar-refractivity contribution < 1.29 is 24.2 Å². The van der Waals surface area contributed by atoms with Crippen molar-refractivity contribution in [3.63, 3.8) is 0 Å². The van der Waals surface area contributed by atoms with E-state index in [2.05, 4.69) is 36.0 Å². The Balaban J connectivity index is 1.71. The van der Waals surface area contributed by atoms with Gasteiger partial charge in [0, 0.05) is 41.9 Å². The molecule has 8 nitrogen and oxygen atoms in total. The van der Waals surface area contributed by atoms with E-state index in [0.717, 1.165) is 19.3 Å². The topological polar surface area (TPSA) is 90.4 Å². The number of aliphatic hydroxyl groups is 1. The molecular formula is C31H42BrN3O5S. The van der Waals surface area contributed by atoms with Crippen molar-refractivity contribution >= 4 is 51.1 Å². The molecule has 3 aliphatic rings. The van der Waals surface area contributed by atoms with Crippen LogP contribution in [0.25, 0.3) is 0 Å². The van der Waals surface area contributed by atoms with Crippen LogP contribution in [0.1, 0.15) is 39.5 Å². The minimum atomic E-state index is -0.759. The molecule has 10 heteroatoms. The van der Waals surface area contributed by atoms with Crippen LogP contribution in [0.2, 0.25) is 0 Å². The number of hydrogen-bond acceptors (Lipinski definition) is 6. The molecule has 0 saturated carbocycles. The van der Waals surface area contributed by atoms with E-state index in [1.807, 2.05) is 31.2 Å². The highest BCUT2D eigenvalue weighted by Crippen LogP contribution is 2.68. The molecule has 1 spiro atoms. The van der Waals surface area contributed by atoms with E-state index in [1.165, 1.54) is 0 Å². The number of ether oxygens (including phenoxy) is 1. The predicted molar refractivity (Wildman–Crippen MR) is 167 cm³/mol. The Bertz CT molecular complexity index is 1130. The number of hydrogen-bond donors (Lipinski definition) is 1. The van der Waals surface area contributed by atoms with Crippen molar-refractivity contribution in [3.8, 4) is 5.75 Å².